The van der Waals surface area contributed by atoms with E-state index in [-0.39, 0.29) is 18.6 Å². The van der Waals surface area contributed by atoms with Crippen LogP contribution in [-0.2, 0) is 27.1 Å². The van der Waals surface area contributed by atoms with E-state index in [1.165, 1.54) is 7.11 Å². The molecule has 0 saturated carbocycles. The van der Waals surface area contributed by atoms with Crippen molar-refractivity contribution < 1.29 is 19.1 Å². The number of carbonyl (C=O) groups is 2. The first-order valence-corrected chi connectivity index (χ1v) is 16.4. The number of halogens is 1. The van der Waals surface area contributed by atoms with Gasteiger partial charge in [0.1, 0.15) is 0 Å². The molecule has 0 aliphatic carbocycles. The van der Waals surface area contributed by atoms with Gasteiger partial charge >= 0.3 is 6.09 Å². The molecule has 234 valence electrons. The highest BCUT2D eigenvalue weighted by Crippen LogP contribution is 2.27. The Morgan fingerprint density at radius 3 is 2.44 bits per heavy atom. The molecule has 7 nitrogen and oxygen atoms in total. The van der Waals surface area contributed by atoms with Gasteiger partial charge in [0.2, 0.25) is 0 Å². The summed E-state index contributed by atoms with van der Waals surface area (Å²) < 4.78 is 11.5. The van der Waals surface area contributed by atoms with E-state index in [0.29, 0.717) is 18.5 Å². The molecule has 0 radical (unpaired) electrons. The number of nitrogens with two attached hydrogens (primary N) is 1. The zero-order valence-corrected chi connectivity index (χ0v) is 26.8. The van der Waals surface area contributed by atoms with E-state index in [1.807, 2.05) is 91.0 Å². The van der Waals surface area contributed by atoms with Crippen LogP contribution in [0.4, 0.5) is 10.5 Å². The number of nitrogens with one attached hydrogen (secondary N) is 1. The predicted octanol–water partition coefficient (Wildman–Crippen LogP) is 6.76. The fraction of sp³-hybridized carbons (Fsp3) is 0.278. The van der Waals surface area contributed by atoms with Gasteiger partial charge in [-0.3, -0.25) is 4.79 Å². The third-order valence-electron chi connectivity index (χ3n) is 7.73. The van der Waals surface area contributed by atoms with E-state index in [2.05, 4.69) is 5.32 Å². The Bertz CT molecular complexity index is 1570. The maximum atomic E-state index is 13.8. The summed E-state index contributed by atoms with van der Waals surface area (Å²) in [6.45, 7) is 1.52. The molecule has 2 amide bonds. The topological polar surface area (TPSA) is 93.9 Å². The SMILES string of the molecule is COC(=O)N(C(=O)[C@@H](N)Cc1cccc(-c2ccccc2)c1)c1ccccc1CC[C@@H]1CNC[C@@H](CSc2ccc(Cl)cc2)O1. The maximum absolute atomic E-state index is 13.8. The van der Waals surface area contributed by atoms with Crippen LogP contribution in [0.25, 0.3) is 11.1 Å². The van der Waals surface area contributed by atoms with Gasteiger partial charge in [0.05, 0.1) is 31.0 Å². The second-order valence-corrected chi connectivity index (χ2v) is 12.5. The molecule has 1 fully saturated rings. The van der Waals surface area contributed by atoms with E-state index in [4.69, 9.17) is 26.8 Å². The first kappa shape index (κ1) is 32.7. The van der Waals surface area contributed by atoms with E-state index in [1.54, 1.807) is 23.9 Å². The average Bonchev–Trinajstić information content (AvgIpc) is 3.08. The summed E-state index contributed by atoms with van der Waals surface area (Å²) in [6, 6.07) is 32.2. The lowest BCUT2D eigenvalue weighted by Crippen LogP contribution is -2.48. The van der Waals surface area contributed by atoms with Crippen LogP contribution in [0.1, 0.15) is 17.5 Å². The largest absolute Gasteiger partial charge is 0.452 e. The molecule has 1 heterocycles. The molecule has 45 heavy (non-hydrogen) atoms. The molecule has 3 atom stereocenters. The first-order valence-electron chi connectivity index (χ1n) is 15.1. The van der Waals surface area contributed by atoms with Crippen LogP contribution in [-0.4, -0.2) is 56.2 Å². The van der Waals surface area contributed by atoms with Crippen LogP contribution in [0.15, 0.2) is 108 Å². The number of carbonyl (C=O) groups excluding carboxylic acids is 2. The van der Waals surface area contributed by atoms with Crippen molar-refractivity contribution in [2.45, 2.75) is 42.4 Å². The third-order valence-corrected chi connectivity index (χ3v) is 9.13. The van der Waals surface area contributed by atoms with Crippen LogP contribution in [0.2, 0.25) is 5.02 Å². The third kappa shape index (κ3) is 8.96. The fourth-order valence-corrected chi connectivity index (χ4v) is 6.46. The van der Waals surface area contributed by atoms with E-state index in [9.17, 15) is 9.59 Å². The molecule has 9 heteroatoms. The van der Waals surface area contributed by atoms with Gasteiger partial charge in [-0.2, -0.15) is 0 Å². The Labute approximate surface area is 274 Å². The zero-order valence-electron chi connectivity index (χ0n) is 25.2. The van der Waals surface area contributed by atoms with Crippen molar-refractivity contribution in [3.05, 3.63) is 119 Å². The normalized spacial score (nSPS) is 17.0. The highest BCUT2D eigenvalue weighted by Gasteiger charge is 2.31. The number of anilines is 1. The Morgan fingerprint density at radius 2 is 1.67 bits per heavy atom. The second kappa shape index (κ2) is 16.1. The number of ether oxygens (including phenoxy) is 2. The first-order chi connectivity index (χ1) is 21.9. The summed E-state index contributed by atoms with van der Waals surface area (Å²) >= 11 is 7.75. The zero-order chi connectivity index (χ0) is 31.6. The van der Waals surface area contributed by atoms with Gasteiger partial charge in [-0.15, -0.1) is 11.8 Å². The second-order valence-electron chi connectivity index (χ2n) is 11.0. The van der Waals surface area contributed by atoms with Gasteiger partial charge in [-0.1, -0.05) is 84.4 Å². The van der Waals surface area contributed by atoms with E-state index < -0.39 is 18.0 Å². The number of hydrogen-bond donors (Lipinski definition) is 2. The molecule has 1 saturated heterocycles. The summed E-state index contributed by atoms with van der Waals surface area (Å²) in [5.41, 5.74) is 10.8. The lowest BCUT2D eigenvalue weighted by molar-refractivity contribution is -0.119. The molecular formula is C36H38ClN3O4S. The Kier molecular flexibility index (Phi) is 11.7. The summed E-state index contributed by atoms with van der Waals surface area (Å²) in [7, 11) is 1.27. The van der Waals surface area contributed by atoms with Crippen molar-refractivity contribution in [2.75, 3.05) is 30.9 Å². The Morgan fingerprint density at radius 1 is 0.956 bits per heavy atom. The smallest absolute Gasteiger partial charge is 0.420 e. The summed E-state index contributed by atoms with van der Waals surface area (Å²) in [5.74, 6) is 0.299. The molecule has 5 rings (SSSR count). The number of rotatable bonds is 11. The van der Waals surface area contributed by atoms with Crippen LogP contribution < -0.4 is 16.0 Å². The highest BCUT2D eigenvalue weighted by molar-refractivity contribution is 7.99. The number of thioether (sulfide) groups is 1. The van der Waals surface area contributed by atoms with Crippen molar-refractivity contribution in [3.8, 4) is 11.1 Å². The van der Waals surface area contributed by atoms with Crippen LogP contribution >= 0.6 is 23.4 Å². The van der Waals surface area contributed by atoms with Crippen LogP contribution in [0.3, 0.4) is 0 Å². The Balaban J connectivity index is 1.24. The van der Waals surface area contributed by atoms with E-state index >= 15 is 0 Å². The van der Waals surface area contributed by atoms with Crippen molar-refractivity contribution in [3.63, 3.8) is 0 Å². The molecular weight excluding hydrogens is 606 g/mol. The van der Waals surface area contributed by atoms with Gasteiger partial charge in [-0.25, -0.2) is 9.69 Å². The number of methoxy groups -OCH3 is 1. The Hall–Kier alpha value is -3.66. The number of nitrogens with zero attached hydrogens (tertiary/aromatic N) is 1. The maximum Gasteiger partial charge on any atom is 0.420 e. The van der Waals surface area contributed by atoms with Gasteiger partial charge in [0.15, 0.2) is 0 Å². The molecule has 0 unspecified atom stereocenters. The van der Waals surface area contributed by atoms with Gasteiger partial charge in [0.25, 0.3) is 5.91 Å². The molecule has 4 aromatic rings. The van der Waals surface area contributed by atoms with Crippen molar-refractivity contribution in [2.24, 2.45) is 5.73 Å². The lowest BCUT2D eigenvalue weighted by Gasteiger charge is -2.31. The summed E-state index contributed by atoms with van der Waals surface area (Å²) in [6.07, 6.45) is 0.875. The molecule has 4 aromatic carbocycles. The standard InChI is InChI=1S/C36H38ClN3O4S/c1-43-36(42)40(35(41)33(38)21-25-8-7-12-28(20-25)26-9-3-2-4-10-26)34-13-6-5-11-27(34)14-17-30-22-39-23-31(44-30)24-45-32-18-15-29(37)16-19-32/h2-13,15-16,18-20,30-31,33,39H,14,17,21-24,38H2,1H3/t30-,31+,33+/m1/s1. The van der Waals surface area contributed by atoms with Crippen LogP contribution in [0.5, 0.6) is 0 Å². The summed E-state index contributed by atoms with van der Waals surface area (Å²) in [4.78, 5) is 29.0. The number of benzene rings is 4. The number of morpholine rings is 1. The number of aryl methyl sites for hydroxylation is 1. The molecule has 3 N–H and O–H groups in total. The molecule has 0 aromatic heterocycles. The quantitative estimate of drug-likeness (QED) is 0.175. The predicted molar refractivity (Wildman–Crippen MR) is 182 cm³/mol. The number of imide groups is 1. The number of amides is 2. The molecule has 1 aliphatic heterocycles. The van der Waals surface area contributed by atoms with Gasteiger partial charge in [-0.05, 0) is 71.8 Å². The van der Waals surface area contributed by atoms with E-state index in [0.717, 1.165) is 55.9 Å². The van der Waals surface area contributed by atoms with Crippen molar-refractivity contribution in [1.82, 2.24) is 5.32 Å². The number of para-hydroxylation sites is 1. The minimum absolute atomic E-state index is 0.0101. The van der Waals surface area contributed by atoms with Gasteiger partial charge < -0.3 is 20.5 Å². The van der Waals surface area contributed by atoms with Crippen molar-refractivity contribution >= 4 is 41.1 Å². The van der Waals surface area contributed by atoms with Crippen LogP contribution in [0, 0.1) is 0 Å². The lowest BCUT2D eigenvalue weighted by atomic mass is 9.98. The summed E-state index contributed by atoms with van der Waals surface area (Å²) in [5, 5.41) is 4.21. The minimum Gasteiger partial charge on any atom is -0.452 e. The van der Waals surface area contributed by atoms with Crippen molar-refractivity contribution in [1.29, 1.82) is 0 Å². The fourth-order valence-electron chi connectivity index (χ4n) is 5.43. The minimum atomic E-state index is -0.951. The highest BCUT2D eigenvalue weighted by atomic mass is 35.5. The molecule has 0 bridgehead atoms. The van der Waals surface area contributed by atoms with Gasteiger partial charge in [0, 0.05) is 28.8 Å². The molecule has 0 spiro atoms. The monoisotopic (exact) mass is 643 g/mol. The number of hydrogen-bond acceptors (Lipinski definition) is 7. The average molecular weight is 644 g/mol. The molecule has 1 aliphatic rings.